The van der Waals surface area contributed by atoms with Gasteiger partial charge in [-0.15, -0.1) is 0 Å². The number of nitrogens with zero attached hydrogens (tertiary/aromatic N) is 1. The summed E-state index contributed by atoms with van der Waals surface area (Å²) in [4.78, 5) is 32.4. The van der Waals surface area contributed by atoms with Crippen LogP contribution >= 0.6 is 11.8 Å². The molecule has 32 heavy (non-hydrogen) atoms. The van der Waals surface area contributed by atoms with E-state index in [-0.39, 0.29) is 11.5 Å². The van der Waals surface area contributed by atoms with Crippen LogP contribution in [0.5, 0.6) is 17.2 Å². The van der Waals surface area contributed by atoms with Crippen molar-refractivity contribution in [1.29, 1.82) is 0 Å². The van der Waals surface area contributed by atoms with E-state index in [9.17, 15) is 9.59 Å². The molecule has 168 valence electrons. The van der Waals surface area contributed by atoms with Gasteiger partial charge in [0.05, 0.1) is 38.0 Å². The molecule has 3 rings (SSSR count). The van der Waals surface area contributed by atoms with Gasteiger partial charge in [0, 0.05) is 17.7 Å². The fourth-order valence-electron chi connectivity index (χ4n) is 2.98. The molecular formula is C23H25N3O5S. The molecule has 1 aromatic heterocycles. The number of benzene rings is 2. The Bertz CT molecular complexity index is 1130. The van der Waals surface area contributed by atoms with E-state index in [0.29, 0.717) is 40.2 Å². The Morgan fingerprint density at radius 2 is 1.72 bits per heavy atom. The zero-order valence-electron chi connectivity index (χ0n) is 18.3. The highest BCUT2D eigenvalue weighted by atomic mass is 32.2. The molecule has 0 saturated carbocycles. The van der Waals surface area contributed by atoms with Gasteiger partial charge in [-0.25, -0.2) is 4.98 Å². The first-order valence-corrected chi connectivity index (χ1v) is 10.8. The second kappa shape index (κ2) is 10.7. The second-order valence-electron chi connectivity index (χ2n) is 6.73. The van der Waals surface area contributed by atoms with Crippen LogP contribution < -0.4 is 25.1 Å². The van der Waals surface area contributed by atoms with Gasteiger partial charge in [-0.05, 0) is 42.8 Å². The first-order chi connectivity index (χ1) is 15.5. The van der Waals surface area contributed by atoms with E-state index in [2.05, 4.69) is 15.3 Å². The van der Waals surface area contributed by atoms with E-state index in [0.717, 1.165) is 5.56 Å². The number of hydrogen-bond donors (Lipinski definition) is 2. The monoisotopic (exact) mass is 455 g/mol. The van der Waals surface area contributed by atoms with Crippen LogP contribution in [-0.2, 0) is 4.79 Å². The molecule has 0 bridgehead atoms. The lowest BCUT2D eigenvalue weighted by Crippen LogP contribution is -2.25. The van der Waals surface area contributed by atoms with Crippen LogP contribution in [0.4, 0.5) is 5.69 Å². The lowest BCUT2D eigenvalue weighted by atomic mass is 10.1. The fourth-order valence-corrected chi connectivity index (χ4v) is 3.90. The number of aromatic nitrogens is 2. The number of amides is 1. The molecule has 1 unspecified atom stereocenters. The molecule has 1 heterocycles. The molecule has 8 nitrogen and oxygen atoms in total. The molecule has 9 heteroatoms. The maximum atomic E-state index is 13.0. The van der Waals surface area contributed by atoms with Crippen LogP contribution in [0.25, 0.3) is 11.3 Å². The highest BCUT2D eigenvalue weighted by Crippen LogP contribution is 2.31. The highest BCUT2D eigenvalue weighted by molar-refractivity contribution is 8.00. The Morgan fingerprint density at radius 1 is 1.03 bits per heavy atom. The molecular weight excluding hydrogens is 430 g/mol. The Labute approximate surface area is 190 Å². The quantitative estimate of drug-likeness (QED) is 0.372. The zero-order chi connectivity index (χ0) is 23.1. The lowest BCUT2D eigenvalue weighted by molar-refractivity contribution is -0.115. The number of aromatic amines is 1. The van der Waals surface area contributed by atoms with Crippen LogP contribution in [0.3, 0.4) is 0 Å². The van der Waals surface area contributed by atoms with Gasteiger partial charge in [0.15, 0.2) is 5.16 Å². The second-order valence-corrected chi connectivity index (χ2v) is 7.93. The Balaban J connectivity index is 1.81. The summed E-state index contributed by atoms with van der Waals surface area (Å²) in [5, 5.41) is 2.76. The number of H-pyrrole nitrogens is 1. The minimum atomic E-state index is -0.486. The van der Waals surface area contributed by atoms with E-state index in [1.54, 1.807) is 44.6 Å². The number of carbonyl (C=O) groups is 1. The summed E-state index contributed by atoms with van der Waals surface area (Å²) in [6.45, 7) is 1.89. The Morgan fingerprint density at radius 3 is 2.34 bits per heavy atom. The van der Waals surface area contributed by atoms with Crippen molar-refractivity contribution in [3.8, 4) is 28.5 Å². The van der Waals surface area contributed by atoms with Crippen molar-refractivity contribution in [2.75, 3.05) is 26.6 Å². The number of anilines is 1. The first-order valence-electron chi connectivity index (χ1n) is 9.92. The maximum Gasteiger partial charge on any atom is 0.252 e. The fraction of sp³-hybridized carbons (Fsp3) is 0.261. The number of ether oxygens (including phenoxy) is 3. The van der Waals surface area contributed by atoms with Gasteiger partial charge in [-0.2, -0.15) is 0 Å². The standard InChI is InChI=1S/C23H25N3O5S/c1-5-20(22(28)24-18-12-16(30-3)10-11-19(18)31-4)32-23-25-17(13-21(27)26-23)14-6-8-15(29-2)9-7-14/h6-13,20H,5H2,1-4H3,(H,24,28)(H,25,26,27). The van der Waals surface area contributed by atoms with E-state index in [1.807, 2.05) is 19.1 Å². The van der Waals surface area contributed by atoms with Crippen molar-refractivity contribution in [2.45, 2.75) is 23.8 Å². The van der Waals surface area contributed by atoms with Crippen molar-refractivity contribution in [3.05, 3.63) is 58.9 Å². The molecule has 1 atom stereocenters. The normalized spacial score (nSPS) is 11.5. The summed E-state index contributed by atoms with van der Waals surface area (Å²) in [7, 11) is 4.67. The van der Waals surface area contributed by atoms with Crippen LogP contribution in [0.15, 0.2) is 58.5 Å². The van der Waals surface area contributed by atoms with E-state index >= 15 is 0 Å². The van der Waals surface area contributed by atoms with Gasteiger partial charge in [-0.3, -0.25) is 9.59 Å². The summed E-state index contributed by atoms with van der Waals surface area (Å²) in [6.07, 6.45) is 0.527. The van der Waals surface area contributed by atoms with Crippen molar-refractivity contribution < 1.29 is 19.0 Å². The number of rotatable bonds is 9. The van der Waals surface area contributed by atoms with Gasteiger partial charge < -0.3 is 24.5 Å². The number of nitrogens with one attached hydrogen (secondary N) is 2. The van der Waals surface area contributed by atoms with Crippen LogP contribution in [0, 0.1) is 0 Å². The van der Waals surface area contributed by atoms with Gasteiger partial charge in [-0.1, -0.05) is 18.7 Å². The summed E-state index contributed by atoms with van der Waals surface area (Å²) in [5.41, 5.74) is 1.50. The van der Waals surface area contributed by atoms with Gasteiger partial charge in [0.1, 0.15) is 17.2 Å². The van der Waals surface area contributed by atoms with Crippen molar-refractivity contribution >= 4 is 23.4 Å². The molecule has 0 aliphatic rings. The van der Waals surface area contributed by atoms with Crippen LogP contribution in [0.2, 0.25) is 0 Å². The Kier molecular flexibility index (Phi) is 7.77. The maximum absolute atomic E-state index is 13.0. The predicted molar refractivity (Wildman–Crippen MR) is 125 cm³/mol. The van der Waals surface area contributed by atoms with E-state index in [4.69, 9.17) is 14.2 Å². The molecule has 0 radical (unpaired) electrons. The topological polar surface area (TPSA) is 103 Å². The van der Waals surface area contributed by atoms with E-state index in [1.165, 1.54) is 24.9 Å². The van der Waals surface area contributed by atoms with Crippen LogP contribution in [0.1, 0.15) is 13.3 Å². The molecule has 3 aromatic rings. The lowest BCUT2D eigenvalue weighted by Gasteiger charge is -2.16. The summed E-state index contributed by atoms with van der Waals surface area (Å²) < 4.78 is 15.7. The molecule has 0 saturated heterocycles. The molecule has 0 fully saturated rings. The average Bonchev–Trinajstić information content (AvgIpc) is 2.82. The van der Waals surface area contributed by atoms with Crippen molar-refractivity contribution in [3.63, 3.8) is 0 Å². The zero-order valence-corrected chi connectivity index (χ0v) is 19.1. The summed E-state index contributed by atoms with van der Waals surface area (Å²) in [5.74, 6) is 1.59. The molecule has 2 aromatic carbocycles. The number of methoxy groups -OCH3 is 3. The number of thioether (sulfide) groups is 1. The molecule has 1 amide bonds. The van der Waals surface area contributed by atoms with Gasteiger partial charge in [0.25, 0.3) is 5.56 Å². The smallest absolute Gasteiger partial charge is 0.252 e. The van der Waals surface area contributed by atoms with Crippen molar-refractivity contribution in [2.24, 2.45) is 0 Å². The first kappa shape index (κ1) is 23.2. The third-order valence-corrected chi connectivity index (χ3v) is 5.94. The van der Waals surface area contributed by atoms with Gasteiger partial charge in [0.2, 0.25) is 5.91 Å². The highest BCUT2D eigenvalue weighted by Gasteiger charge is 2.21. The average molecular weight is 456 g/mol. The minimum absolute atomic E-state index is 0.235. The van der Waals surface area contributed by atoms with E-state index < -0.39 is 5.25 Å². The molecule has 0 spiro atoms. The number of hydrogen-bond acceptors (Lipinski definition) is 7. The summed E-state index contributed by atoms with van der Waals surface area (Å²) >= 11 is 1.19. The Hall–Kier alpha value is -3.46. The van der Waals surface area contributed by atoms with Crippen LogP contribution in [-0.4, -0.2) is 42.5 Å². The third kappa shape index (κ3) is 5.61. The SMILES string of the molecule is CCC(Sc1nc(-c2ccc(OC)cc2)cc(=O)[nH]1)C(=O)Nc1cc(OC)ccc1OC. The molecule has 0 aliphatic carbocycles. The van der Waals surface area contributed by atoms with Crippen molar-refractivity contribution in [1.82, 2.24) is 9.97 Å². The largest absolute Gasteiger partial charge is 0.497 e. The minimum Gasteiger partial charge on any atom is -0.497 e. The predicted octanol–water partition coefficient (Wildman–Crippen LogP) is 3.97. The van der Waals surface area contributed by atoms with Gasteiger partial charge >= 0.3 is 0 Å². The molecule has 0 aliphatic heterocycles. The summed E-state index contributed by atoms with van der Waals surface area (Å²) in [6, 6.07) is 13.8. The number of carbonyl (C=O) groups excluding carboxylic acids is 1. The molecule has 2 N–H and O–H groups in total. The third-order valence-electron chi connectivity index (χ3n) is 4.69.